The number of aromatic hydroxyl groups is 1. The molecule has 1 fully saturated rings. The largest absolute Gasteiger partial charge is 0.508 e. The van der Waals surface area contributed by atoms with Crippen LogP contribution in [-0.4, -0.2) is 47.7 Å². The normalized spacial score (nSPS) is 18.4. The SMILES string of the molecule is Cc1ccc(C(C)NCCN2CCSCC2)c(O)c1. The summed E-state index contributed by atoms with van der Waals surface area (Å²) < 4.78 is 0. The summed E-state index contributed by atoms with van der Waals surface area (Å²) in [5.41, 5.74) is 2.08. The van der Waals surface area contributed by atoms with Crippen LogP contribution in [0.2, 0.25) is 0 Å². The molecule has 1 aromatic rings. The van der Waals surface area contributed by atoms with Gasteiger partial charge in [-0.25, -0.2) is 0 Å². The van der Waals surface area contributed by atoms with E-state index in [1.54, 1.807) is 0 Å². The van der Waals surface area contributed by atoms with Crippen LogP contribution >= 0.6 is 11.8 Å². The number of nitrogens with one attached hydrogen (secondary N) is 1. The molecule has 19 heavy (non-hydrogen) atoms. The molecule has 4 heteroatoms. The smallest absolute Gasteiger partial charge is 0.120 e. The Morgan fingerprint density at radius 2 is 2.11 bits per heavy atom. The molecule has 1 aromatic carbocycles. The molecule has 1 saturated heterocycles. The predicted molar refractivity (Wildman–Crippen MR) is 83.0 cm³/mol. The molecular weight excluding hydrogens is 256 g/mol. The zero-order valence-electron chi connectivity index (χ0n) is 11.9. The fraction of sp³-hybridized carbons (Fsp3) is 0.600. The molecule has 0 aliphatic carbocycles. The van der Waals surface area contributed by atoms with Crippen LogP contribution in [0.4, 0.5) is 0 Å². The Bertz CT molecular complexity index is 405. The van der Waals surface area contributed by atoms with Gasteiger partial charge in [-0.3, -0.25) is 0 Å². The highest BCUT2D eigenvalue weighted by molar-refractivity contribution is 7.99. The van der Waals surface area contributed by atoms with Crippen LogP contribution in [0, 0.1) is 6.92 Å². The minimum atomic E-state index is 0.194. The Kier molecular flexibility index (Phi) is 5.55. The lowest BCUT2D eigenvalue weighted by Gasteiger charge is -2.27. The number of thioether (sulfide) groups is 1. The van der Waals surface area contributed by atoms with Crippen LogP contribution in [0.1, 0.15) is 24.1 Å². The molecule has 0 amide bonds. The lowest BCUT2D eigenvalue weighted by molar-refractivity contribution is 0.296. The summed E-state index contributed by atoms with van der Waals surface area (Å²) in [6.45, 7) is 8.58. The van der Waals surface area contributed by atoms with Crippen LogP contribution in [-0.2, 0) is 0 Å². The Balaban J connectivity index is 1.78. The van der Waals surface area contributed by atoms with Gasteiger partial charge in [-0.1, -0.05) is 12.1 Å². The zero-order chi connectivity index (χ0) is 13.7. The molecule has 0 bridgehead atoms. The molecule has 1 aliphatic heterocycles. The molecule has 1 atom stereocenters. The third-order valence-electron chi connectivity index (χ3n) is 3.63. The number of rotatable bonds is 5. The summed E-state index contributed by atoms with van der Waals surface area (Å²) in [7, 11) is 0. The Morgan fingerprint density at radius 3 is 2.79 bits per heavy atom. The average Bonchev–Trinajstić information content (AvgIpc) is 2.39. The Hall–Kier alpha value is -0.710. The van der Waals surface area contributed by atoms with Gasteiger partial charge < -0.3 is 15.3 Å². The monoisotopic (exact) mass is 280 g/mol. The molecule has 0 aromatic heterocycles. The van der Waals surface area contributed by atoms with E-state index in [0.717, 1.165) is 24.2 Å². The van der Waals surface area contributed by atoms with E-state index < -0.39 is 0 Å². The Morgan fingerprint density at radius 1 is 1.37 bits per heavy atom. The predicted octanol–water partition coefficient (Wildman–Crippen LogP) is 2.40. The quantitative estimate of drug-likeness (QED) is 0.868. The van der Waals surface area contributed by atoms with E-state index in [0.29, 0.717) is 5.75 Å². The molecule has 3 nitrogen and oxygen atoms in total. The van der Waals surface area contributed by atoms with Gasteiger partial charge in [0, 0.05) is 49.3 Å². The molecule has 0 spiro atoms. The van der Waals surface area contributed by atoms with Crippen molar-refractivity contribution in [3.05, 3.63) is 29.3 Å². The maximum absolute atomic E-state index is 9.96. The first-order valence-corrected chi connectivity index (χ1v) is 8.15. The molecule has 1 heterocycles. The van der Waals surface area contributed by atoms with Crippen LogP contribution in [0.25, 0.3) is 0 Å². The first kappa shape index (κ1) is 14.7. The first-order valence-electron chi connectivity index (χ1n) is 7.00. The van der Waals surface area contributed by atoms with Gasteiger partial charge in [0.15, 0.2) is 0 Å². The second-order valence-electron chi connectivity index (χ2n) is 5.19. The number of hydrogen-bond acceptors (Lipinski definition) is 4. The van der Waals surface area contributed by atoms with E-state index in [1.165, 1.54) is 24.6 Å². The Labute approximate surface area is 120 Å². The topological polar surface area (TPSA) is 35.5 Å². The number of benzene rings is 1. The summed E-state index contributed by atoms with van der Waals surface area (Å²) in [5.74, 6) is 2.91. The molecule has 0 saturated carbocycles. The standard InChI is InChI=1S/C15H24N2OS/c1-12-3-4-14(15(18)11-12)13(2)16-5-6-17-7-9-19-10-8-17/h3-4,11,13,16,18H,5-10H2,1-2H3. The van der Waals surface area contributed by atoms with Gasteiger partial charge >= 0.3 is 0 Å². The highest BCUT2D eigenvalue weighted by Crippen LogP contribution is 2.24. The van der Waals surface area contributed by atoms with Gasteiger partial charge in [-0.15, -0.1) is 0 Å². The highest BCUT2D eigenvalue weighted by Gasteiger charge is 2.12. The number of hydrogen-bond donors (Lipinski definition) is 2. The number of phenolic OH excluding ortho intramolecular Hbond substituents is 1. The lowest BCUT2D eigenvalue weighted by Crippen LogP contribution is -2.38. The summed E-state index contributed by atoms with van der Waals surface area (Å²) in [6.07, 6.45) is 0. The van der Waals surface area contributed by atoms with Gasteiger partial charge in [-0.2, -0.15) is 11.8 Å². The molecule has 1 unspecified atom stereocenters. The van der Waals surface area contributed by atoms with Gasteiger partial charge in [0.1, 0.15) is 5.75 Å². The fourth-order valence-electron chi connectivity index (χ4n) is 2.39. The highest BCUT2D eigenvalue weighted by atomic mass is 32.2. The van der Waals surface area contributed by atoms with Gasteiger partial charge in [-0.05, 0) is 25.5 Å². The third-order valence-corrected chi connectivity index (χ3v) is 4.58. The minimum Gasteiger partial charge on any atom is -0.508 e. The van der Waals surface area contributed by atoms with E-state index in [2.05, 4.69) is 23.2 Å². The zero-order valence-corrected chi connectivity index (χ0v) is 12.7. The number of aryl methyl sites for hydroxylation is 1. The van der Waals surface area contributed by atoms with Crippen LogP contribution in [0.3, 0.4) is 0 Å². The van der Waals surface area contributed by atoms with Gasteiger partial charge in [0.05, 0.1) is 0 Å². The third kappa shape index (κ3) is 4.41. The van der Waals surface area contributed by atoms with E-state index in [4.69, 9.17) is 0 Å². The van der Waals surface area contributed by atoms with Crippen molar-refractivity contribution < 1.29 is 5.11 Å². The molecule has 106 valence electrons. The van der Waals surface area contributed by atoms with E-state index in [1.807, 2.05) is 30.8 Å². The van der Waals surface area contributed by atoms with Crippen LogP contribution < -0.4 is 5.32 Å². The average molecular weight is 280 g/mol. The van der Waals surface area contributed by atoms with Crippen molar-refractivity contribution in [1.29, 1.82) is 0 Å². The summed E-state index contributed by atoms with van der Waals surface area (Å²) in [4.78, 5) is 2.51. The minimum absolute atomic E-state index is 0.194. The summed E-state index contributed by atoms with van der Waals surface area (Å²) in [5, 5.41) is 13.5. The first-order chi connectivity index (χ1) is 9.16. The second kappa shape index (κ2) is 7.17. The van der Waals surface area contributed by atoms with Crippen molar-refractivity contribution in [1.82, 2.24) is 10.2 Å². The molecule has 2 rings (SSSR count). The van der Waals surface area contributed by atoms with Crippen molar-refractivity contribution in [2.45, 2.75) is 19.9 Å². The maximum Gasteiger partial charge on any atom is 0.120 e. The molecule has 1 aliphatic rings. The second-order valence-corrected chi connectivity index (χ2v) is 6.42. The molecular formula is C15H24N2OS. The van der Waals surface area contributed by atoms with Crippen molar-refractivity contribution in [3.63, 3.8) is 0 Å². The van der Waals surface area contributed by atoms with E-state index >= 15 is 0 Å². The van der Waals surface area contributed by atoms with Crippen molar-refractivity contribution >= 4 is 11.8 Å². The van der Waals surface area contributed by atoms with Crippen molar-refractivity contribution in [3.8, 4) is 5.75 Å². The maximum atomic E-state index is 9.96. The van der Waals surface area contributed by atoms with E-state index in [9.17, 15) is 5.11 Å². The van der Waals surface area contributed by atoms with E-state index in [-0.39, 0.29) is 6.04 Å². The molecule has 2 N–H and O–H groups in total. The summed E-state index contributed by atoms with van der Waals surface area (Å²) in [6, 6.07) is 6.09. The fourth-order valence-corrected chi connectivity index (χ4v) is 3.37. The van der Waals surface area contributed by atoms with Gasteiger partial charge in [0.2, 0.25) is 0 Å². The van der Waals surface area contributed by atoms with Gasteiger partial charge in [0.25, 0.3) is 0 Å². The summed E-state index contributed by atoms with van der Waals surface area (Å²) >= 11 is 2.04. The molecule has 0 radical (unpaired) electrons. The number of nitrogens with zero attached hydrogens (tertiary/aromatic N) is 1. The lowest BCUT2D eigenvalue weighted by atomic mass is 10.1. The number of phenols is 1. The van der Waals surface area contributed by atoms with Crippen LogP contribution in [0.15, 0.2) is 18.2 Å². The van der Waals surface area contributed by atoms with Crippen molar-refractivity contribution in [2.24, 2.45) is 0 Å². The van der Waals surface area contributed by atoms with Crippen LogP contribution in [0.5, 0.6) is 5.75 Å². The van der Waals surface area contributed by atoms with Crippen molar-refractivity contribution in [2.75, 3.05) is 37.7 Å².